The Kier molecular flexibility index (Phi) is 3.64. The maximum absolute atomic E-state index is 11.3. The quantitative estimate of drug-likeness (QED) is 0.793. The molecule has 0 aliphatic carbocycles. The van der Waals surface area contributed by atoms with Gasteiger partial charge in [-0.1, -0.05) is 6.07 Å². The second kappa shape index (κ2) is 5.19. The molecule has 1 heterocycles. The first kappa shape index (κ1) is 11.9. The summed E-state index contributed by atoms with van der Waals surface area (Å²) in [5.41, 5.74) is 9.23. The van der Waals surface area contributed by atoms with Gasteiger partial charge < -0.3 is 16.0 Å². The van der Waals surface area contributed by atoms with E-state index in [1.165, 1.54) is 16.8 Å². The molecule has 2 rings (SSSR count). The highest BCUT2D eigenvalue weighted by atomic mass is 16.1. The van der Waals surface area contributed by atoms with Crippen molar-refractivity contribution < 1.29 is 4.79 Å². The first-order valence-electron chi connectivity index (χ1n) is 6.02. The molecular weight excluding hydrogens is 214 g/mol. The normalized spacial score (nSPS) is 16.6. The molecule has 92 valence electrons. The first-order chi connectivity index (χ1) is 8.20. The minimum Gasteiger partial charge on any atom is -0.369 e. The van der Waals surface area contributed by atoms with E-state index in [4.69, 9.17) is 5.73 Å². The Morgan fingerprint density at radius 2 is 2.24 bits per heavy atom. The third-order valence-electron chi connectivity index (χ3n) is 3.22. The van der Waals surface area contributed by atoms with E-state index in [9.17, 15) is 4.79 Å². The average Bonchev–Trinajstić information content (AvgIpc) is 2.54. The van der Waals surface area contributed by atoms with E-state index in [0.29, 0.717) is 13.0 Å². The molecule has 4 heteroatoms. The number of hydrogen-bond acceptors (Lipinski definition) is 3. The molecular formula is C13H19N3O. The van der Waals surface area contributed by atoms with Crippen LogP contribution in [0.5, 0.6) is 0 Å². The molecule has 1 aromatic rings. The summed E-state index contributed by atoms with van der Waals surface area (Å²) >= 11 is 0. The Morgan fingerprint density at radius 1 is 1.41 bits per heavy atom. The summed E-state index contributed by atoms with van der Waals surface area (Å²) in [6, 6.07) is 6.31. The predicted octanol–water partition coefficient (Wildman–Crippen LogP) is 0.780. The highest BCUT2D eigenvalue weighted by molar-refractivity contribution is 5.77. The van der Waals surface area contributed by atoms with Crippen molar-refractivity contribution >= 4 is 11.6 Å². The predicted molar refractivity (Wildman–Crippen MR) is 68.9 cm³/mol. The second-order valence-electron chi connectivity index (χ2n) is 4.40. The molecule has 0 unspecified atom stereocenters. The Morgan fingerprint density at radius 3 is 2.94 bits per heavy atom. The second-order valence-corrected chi connectivity index (χ2v) is 4.40. The molecule has 4 nitrogen and oxygen atoms in total. The summed E-state index contributed by atoms with van der Waals surface area (Å²) in [6.45, 7) is 5.02. The van der Waals surface area contributed by atoms with Crippen molar-refractivity contribution in [3.05, 3.63) is 29.3 Å². The van der Waals surface area contributed by atoms with Crippen LogP contribution in [0.1, 0.15) is 17.5 Å². The van der Waals surface area contributed by atoms with Gasteiger partial charge in [0.25, 0.3) is 0 Å². The molecule has 17 heavy (non-hydrogen) atoms. The summed E-state index contributed by atoms with van der Waals surface area (Å²) < 4.78 is 0. The summed E-state index contributed by atoms with van der Waals surface area (Å²) in [6.07, 6.45) is 0.567. The fraction of sp³-hybridized carbons (Fsp3) is 0.462. The fourth-order valence-electron chi connectivity index (χ4n) is 2.13. The van der Waals surface area contributed by atoms with E-state index >= 15 is 0 Å². The molecule has 1 amide bonds. The van der Waals surface area contributed by atoms with Crippen LogP contribution in [-0.4, -0.2) is 25.5 Å². The third-order valence-corrected chi connectivity index (χ3v) is 3.22. The number of anilines is 1. The minimum atomic E-state index is 0.141. The molecule has 1 fully saturated rings. The van der Waals surface area contributed by atoms with Crippen molar-refractivity contribution in [3.63, 3.8) is 0 Å². The van der Waals surface area contributed by atoms with Crippen molar-refractivity contribution in [3.8, 4) is 0 Å². The molecule has 0 saturated carbocycles. The van der Waals surface area contributed by atoms with Crippen molar-refractivity contribution in [2.24, 2.45) is 5.73 Å². The minimum absolute atomic E-state index is 0.141. The number of nitrogens with one attached hydrogen (secondary N) is 1. The van der Waals surface area contributed by atoms with Crippen molar-refractivity contribution in [1.29, 1.82) is 0 Å². The molecule has 1 aromatic carbocycles. The van der Waals surface area contributed by atoms with Gasteiger partial charge in [0, 0.05) is 38.3 Å². The summed E-state index contributed by atoms with van der Waals surface area (Å²) in [5.74, 6) is 0.141. The Bertz CT molecular complexity index is 417. The van der Waals surface area contributed by atoms with Gasteiger partial charge in [0.05, 0.1) is 0 Å². The number of hydrogen-bond donors (Lipinski definition) is 2. The van der Waals surface area contributed by atoms with Crippen LogP contribution in [0, 0.1) is 6.92 Å². The van der Waals surface area contributed by atoms with Gasteiger partial charge >= 0.3 is 0 Å². The number of rotatable bonds is 2. The Balaban J connectivity index is 2.16. The number of carbonyl (C=O) groups excluding carboxylic acids is 1. The molecule has 0 radical (unpaired) electrons. The van der Waals surface area contributed by atoms with Crippen LogP contribution in [0.4, 0.5) is 5.69 Å². The molecule has 1 aliphatic heterocycles. The monoisotopic (exact) mass is 233 g/mol. The number of nitrogens with two attached hydrogens (primary N) is 1. The fourth-order valence-corrected chi connectivity index (χ4v) is 2.13. The molecule has 3 N–H and O–H groups in total. The van der Waals surface area contributed by atoms with E-state index in [2.05, 4.69) is 35.3 Å². The van der Waals surface area contributed by atoms with E-state index in [0.717, 1.165) is 19.6 Å². The summed E-state index contributed by atoms with van der Waals surface area (Å²) in [5, 5.41) is 2.88. The maximum Gasteiger partial charge on any atom is 0.221 e. The van der Waals surface area contributed by atoms with Gasteiger partial charge in [-0.25, -0.2) is 0 Å². The van der Waals surface area contributed by atoms with Gasteiger partial charge in [0.1, 0.15) is 0 Å². The third kappa shape index (κ3) is 2.77. The number of carbonyl (C=O) groups is 1. The van der Waals surface area contributed by atoms with Crippen LogP contribution in [0.15, 0.2) is 18.2 Å². The van der Waals surface area contributed by atoms with Crippen LogP contribution in [0.25, 0.3) is 0 Å². The SMILES string of the molecule is Cc1cc(N2CCNC(=O)CC2)ccc1CN. The van der Waals surface area contributed by atoms with Crippen LogP contribution >= 0.6 is 0 Å². The van der Waals surface area contributed by atoms with E-state index in [1.54, 1.807) is 0 Å². The standard InChI is InChI=1S/C13H19N3O/c1-10-8-12(3-2-11(10)9-14)16-6-4-13(17)15-5-7-16/h2-3,8H,4-7,9,14H2,1H3,(H,15,17). The molecule has 1 aliphatic rings. The molecule has 0 spiro atoms. The lowest BCUT2D eigenvalue weighted by atomic mass is 10.1. The number of aryl methyl sites for hydroxylation is 1. The van der Waals surface area contributed by atoms with Gasteiger partial charge in [-0.15, -0.1) is 0 Å². The molecule has 0 atom stereocenters. The highest BCUT2D eigenvalue weighted by Gasteiger charge is 2.14. The zero-order chi connectivity index (χ0) is 12.3. The maximum atomic E-state index is 11.3. The van der Waals surface area contributed by atoms with E-state index in [1.807, 2.05) is 0 Å². The Labute approximate surface area is 102 Å². The van der Waals surface area contributed by atoms with Gasteiger partial charge in [-0.2, -0.15) is 0 Å². The van der Waals surface area contributed by atoms with E-state index < -0.39 is 0 Å². The number of amides is 1. The lowest BCUT2D eigenvalue weighted by Gasteiger charge is -2.22. The van der Waals surface area contributed by atoms with Crippen LogP contribution in [0.3, 0.4) is 0 Å². The number of benzene rings is 1. The van der Waals surface area contributed by atoms with E-state index in [-0.39, 0.29) is 5.91 Å². The zero-order valence-electron chi connectivity index (χ0n) is 10.2. The topological polar surface area (TPSA) is 58.4 Å². The van der Waals surface area contributed by atoms with Crippen LogP contribution in [0.2, 0.25) is 0 Å². The van der Waals surface area contributed by atoms with Gasteiger partial charge in [0.15, 0.2) is 0 Å². The molecule has 0 bridgehead atoms. The highest BCUT2D eigenvalue weighted by Crippen LogP contribution is 2.19. The van der Waals surface area contributed by atoms with Crippen LogP contribution < -0.4 is 16.0 Å². The van der Waals surface area contributed by atoms with Crippen LogP contribution in [-0.2, 0) is 11.3 Å². The van der Waals surface area contributed by atoms with Crippen molar-refractivity contribution in [2.45, 2.75) is 19.9 Å². The average molecular weight is 233 g/mol. The van der Waals surface area contributed by atoms with Gasteiger partial charge in [-0.3, -0.25) is 4.79 Å². The lowest BCUT2D eigenvalue weighted by Crippen LogP contribution is -2.28. The zero-order valence-corrected chi connectivity index (χ0v) is 10.2. The number of nitrogens with zero attached hydrogens (tertiary/aromatic N) is 1. The largest absolute Gasteiger partial charge is 0.369 e. The van der Waals surface area contributed by atoms with Crippen molar-refractivity contribution in [2.75, 3.05) is 24.5 Å². The molecule has 0 aromatic heterocycles. The van der Waals surface area contributed by atoms with Gasteiger partial charge in [0.2, 0.25) is 5.91 Å². The van der Waals surface area contributed by atoms with Gasteiger partial charge in [-0.05, 0) is 30.2 Å². The van der Waals surface area contributed by atoms with Crippen molar-refractivity contribution in [1.82, 2.24) is 5.32 Å². The Hall–Kier alpha value is -1.55. The summed E-state index contributed by atoms with van der Waals surface area (Å²) in [7, 11) is 0. The molecule has 1 saturated heterocycles. The smallest absolute Gasteiger partial charge is 0.221 e. The summed E-state index contributed by atoms with van der Waals surface area (Å²) in [4.78, 5) is 13.5. The first-order valence-corrected chi connectivity index (χ1v) is 6.02. The lowest BCUT2D eigenvalue weighted by molar-refractivity contribution is -0.120.